The van der Waals surface area contributed by atoms with Crippen LogP contribution in [0.15, 0.2) is 44.2 Å². The molecule has 0 aliphatic carbocycles. The molecule has 0 spiro atoms. The van der Waals surface area contributed by atoms with Crippen LogP contribution in [0.1, 0.15) is 5.56 Å². The van der Waals surface area contributed by atoms with E-state index in [1.54, 1.807) is 30.5 Å². The molecule has 5 nitrogen and oxygen atoms in total. The van der Waals surface area contributed by atoms with Crippen LogP contribution >= 0.6 is 31.9 Å². The van der Waals surface area contributed by atoms with Crippen LogP contribution in [0.3, 0.4) is 0 Å². The van der Waals surface area contributed by atoms with Gasteiger partial charge in [0.25, 0.3) is 5.56 Å². The van der Waals surface area contributed by atoms with Gasteiger partial charge in [-0.3, -0.25) is 9.59 Å². The standard InChI is InChI=1S/C14H13Br2N3O2/c1-8-4-10(17)2-3-12(8)18-13(20)7-19-6-9(15)5-11(16)14(19)21/h2-6H,7,17H2,1H3,(H,18,20). The van der Waals surface area contributed by atoms with Gasteiger partial charge in [0.2, 0.25) is 5.91 Å². The molecule has 110 valence electrons. The summed E-state index contributed by atoms with van der Waals surface area (Å²) < 4.78 is 2.44. The van der Waals surface area contributed by atoms with Crippen molar-refractivity contribution in [3.05, 3.63) is 55.3 Å². The number of hydrogen-bond acceptors (Lipinski definition) is 3. The smallest absolute Gasteiger partial charge is 0.265 e. The number of carbonyl (C=O) groups is 1. The third-order valence-electron chi connectivity index (χ3n) is 2.85. The summed E-state index contributed by atoms with van der Waals surface area (Å²) in [6.45, 7) is 1.79. The third kappa shape index (κ3) is 3.95. The fraction of sp³-hybridized carbons (Fsp3) is 0.143. The Bertz CT molecular complexity index is 756. The van der Waals surface area contributed by atoms with Gasteiger partial charge >= 0.3 is 0 Å². The van der Waals surface area contributed by atoms with E-state index in [4.69, 9.17) is 5.73 Å². The number of nitrogens with one attached hydrogen (secondary N) is 1. The molecule has 0 bridgehead atoms. The molecule has 1 heterocycles. The van der Waals surface area contributed by atoms with E-state index in [1.807, 2.05) is 6.92 Å². The van der Waals surface area contributed by atoms with Gasteiger partial charge < -0.3 is 15.6 Å². The topological polar surface area (TPSA) is 77.1 Å². The first kappa shape index (κ1) is 15.8. The molecule has 0 saturated carbocycles. The predicted octanol–water partition coefficient (Wildman–Crippen LogP) is 2.90. The molecular weight excluding hydrogens is 402 g/mol. The van der Waals surface area contributed by atoms with Crippen molar-refractivity contribution < 1.29 is 4.79 Å². The van der Waals surface area contributed by atoms with Crippen molar-refractivity contribution in [3.8, 4) is 0 Å². The minimum atomic E-state index is -0.282. The SMILES string of the molecule is Cc1cc(N)ccc1NC(=O)Cn1cc(Br)cc(Br)c1=O. The van der Waals surface area contributed by atoms with Gasteiger partial charge in [-0.25, -0.2) is 0 Å². The Morgan fingerprint density at radius 1 is 1.33 bits per heavy atom. The molecule has 1 aromatic heterocycles. The lowest BCUT2D eigenvalue weighted by atomic mass is 10.2. The molecule has 0 unspecified atom stereocenters. The minimum Gasteiger partial charge on any atom is -0.399 e. The number of aryl methyl sites for hydroxylation is 1. The quantitative estimate of drug-likeness (QED) is 0.758. The molecule has 2 aromatic rings. The molecule has 0 fully saturated rings. The van der Waals surface area contributed by atoms with Crippen molar-refractivity contribution in [1.29, 1.82) is 0 Å². The maximum Gasteiger partial charge on any atom is 0.265 e. The summed E-state index contributed by atoms with van der Waals surface area (Å²) in [6, 6.07) is 6.87. The van der Waals surface area contributed by atoms with Crippen LogP contribution in [0.4, 0.5) is 11.4 Å². The summed E-state index contributed by atoms with van der Waals surface area (Å²) in [6.07, 6.45) is 1.57. The van der Waals surface area contributed by atoms with Crippen molar-refractivity contribution in [2.75, 3.05) is 11.1 Å². The highest BCUT2D eigenvalue weighted by Gasteiger charge is 2.09. The largest absolute Gasteiger partial charge is 0.399 e. The average molecular weight is 415 g/mol. The predicted molar refractivity (Wildman–Crippen MR) is 90.3 cm³/mol. The molecule has 0 atom stereocenters. The first-order valence-corrected chi connectivity index (χ1v) is 7.67. The van der Waals surface area contributed by atoms with Gasteiger partial charge in [-0.15, -0.1) is 0 Å². The molecule has 0 saturated heterocycles. The number of halogens is 2. The van der Waals surface area contributed by atoms with Crippen LogP contribution in [0.5, 0.6) is 0 Å². The number of nitrogens with two attached hydrogens (primary N) is 1. The first-order chi connectivity index (χ1) is 9.86. The zero-order valence-electron chi connectivity index (χ0n) is 11.2. The lowest BCUT2D eigenvalue weighted by Crippen LogP contribution is -2.27. The van der Waals surface area contributed by atoms with E-state index in [9.17, 15) is 9.59 Å². The summed E-state index contributed by atoms with van der Waals surface area (Å²) in [4.78, 5) is 24.0. The van der Waals surface area contributed by atoms with Gasteiger partial charge in [0.15, 0.2) is 0 Å². The van der Waals surface area contributed by atoms with E-state index in [0.29, 0.717) is 20.3 Å². The molecule has 1 aromatic carbocycles. The first-order valence-electron chi connectivity index (χ1n) is 6.08. The van der Waals surface area contributed by atoms with Crippen molar-refractivity contribution in [1.82, 2.24) is 4.57 Å². The van der Waals surface area contributed by atoms with Gasteiger partial charge in [-0.05, 0) is 68.6 Å². The number of rotatable bonds is 3. The van der Waals surface area contributed by atoms with E-state index < -0.39 is 0 Å². The second-order valence-corrected chi connectivity index (χ2v) is 6.33. The van der Waals surface area contributed by atoms with E-state index in [1.165, 1.54) is 4.57 Å². The lowest BCUT2D eigenvalue weighted by molar-refractivity contribution is -0.116. The zero-order valence-corrected chi connectivity index (χ0v) is 14.4. The Morgan fingerprint density at radius 2 is 2.05 bits per heavy atom. The molecular formula is C14H13Br2N3O2. The summed E-state index contributed by atoms with van der Waals surface area (Å²) in [5.74, 6) is -0.282. The monoisotopic (exact) mass is 413 g/mol. The number of nitrogens with zero attached hydrogens (tertiary/aromatic N) is 1. The summed E-state index contributed by atoms with van der Waals surface area (Å²) in [7, 11) is 0. The van der Waals surface area contributed by atoms with Gasteiger partial charge in [0.1, 0.15) is 6.54 Å². The number of nitrogen functional groups attached to an aromatic ring is 1. The summed E-state index contributed by atoms with van der Waals surface area (Å²) in [5, 5.41) is 2.77. The van der Waals surface area contributed by atoms with Gasteiger partial charge in [0.05, 0.1) is 4.47 Å². The van der Waals surface area contributed by atoms with Gasteiger partial charge in [-0.1, -0.05) is 0 Å². The molecule has 1 amide bonds. The normalized spacial score (nSPS) is 10.4. The number of carbonyl (C=O) groups excluding carboxylic acids is 1. The van der Waals surface area contributed by atoms with E-state index >= 15 is 0 Å². The lowest BCUT2D eigenvalue weighted by Gasteiger charge is -2.11. The fourth-order valence-electron chi connectivity index (χ4n) is 1.85. The van der Waals surface area contributed by atoms with Crippen LogP contribution in [-0.4, -0.2) is 10.5 Å². The van der Waals surface area contributed by atoms with Crippen LogP contribution < -0.4 is 16.6 Å². The van der Waals surface area contributed by atoms with Gasteiger partial charge in [-0.2, -0.15) is 0 Å². The van der Waals surface area contributed by atoms with Gasteiger partial charge in [0, 0.05) is 22.0 Å². The molecule has 7 heteroatoms. The average Bonchev–Trinajstić information content (AvgIpc) is 2.38. The Hall–Kier alpha value is -1.60. The number of pyridine rings is 1. The van der Waals surface area contributed by atoms with Crippen LogP contribution in [0.25, 0.3) is 0 Å². The minimum absolute atomic E-state index is 0.0688. The molecule has 0 aliphatic heterocycles. The molecule has 21 heavy (non-hydrogen) atoms. The number of amides is 1. The molecule has 2 rings (SSSR count). The Morgan fingerprint density at radius 3 is 2.71 bits per heavy atom. The van der Waals surface area contributed by atoms with Crippen LogP contribution in [-0.2, 0) is 11.3 Å². The van der Waals surface area contributed by atoms with Crippen molar-refractivity contribution in [3.63, 3.8) is 0 Å². The molecule has 3 N–H and O–H groups in total. The highest BCUT2D eigenvalue weighted by Crippen LogP contribution is 2.18. The van der Waals surface area contributed by atoms with E-state index in [2.05, 4.69) is 37.2 Å². The van der Waals surface area contributed by atoms with Crippen molar-refractivity contribution in [2.45, 2.75) is 13.5 Å². The second-order valence-electron chi connectivity index (χ2n) is 4.56. The number of anilines is 2. The zero-order chi connectivity index (χ0) is 15.6. The number of benzene rings is 1. The highest BCUT2D eigenvalue weighted by molar-refractivity contribution is 9.11. The second kappa shape index (κ2) is 6.44. The van der Waals surface area contributed by atoms with E-state index in [0.717, 1.165) is 5.56 Å². The Labute approximate surface area is 138 Å². The summed E-state index contributed by atoms with van der Waals surface area (Å²) in [5.41, 5.74) is 7.59. The maximum atomic E-state index is 12.1. The molecule has 0 radical (unpaired) electrons. The number of hydrogen-bond donors (Lipinski definition) is 2. The van der Waals surface area contributed by atoms with Crippen molar-refractivity contribution >= 4 is 49.1 Å². The van der Waals surface area contributed by atoms with Crippen LogP contribution in [0.2, 0.25) is 0 Å². The van der Waals surface area contributed by atoms with Crippen LogP contribution in [0, 0.1) is 6.92 Å². The fourth-order valence-corrected chi connectivity index (χ4v) is 3.11. The molecule has 0 aliphatic rings. The highest BCUT2D eigenvalue weighted by atomic mass is 79.9. The summed E-state index contributed by atoms with van der Waals surface area (Å²) >= 11 is 6.45. The number of aromatic nitrogens is 1. The third-order valence-corrected chi connectivity index (χ3v) is 3.85. The van der Waals surface area contributed by atoms with Crippen molar-refractivity contribution in [2.24, 2.45) is 0 Å². The Kier molecular flexibility index (Phi) is 4.84. The maximum absolute atomic E-state index is 12.1. The Balaban J connectivity index is 2.17. The van der Waals surface area contributed by atoms with E-state index in [-0.39, 0.29) is 18.0 Å².